The van der Waals surface area contributed by atoms with Crippen molar-refractivity contribution in [2.45, 2.75) is 63.9 Å². The van der Waals surface area contributed by atoms with Gasteiger partial charge in [0.2, 0.25) is 0 Å². The Morgan fingerprint density at radius 2 is 1.86 bits per heavy atom. The summed E-state index contributed by atoms with van der Waals surface area (Å²) in [6.45, 7) is 7.70. The summed E-state index contributed by atoms with van der Waals surface area (Å²) in [5.41, 5.74) is 1.68. The fraction of sp³-hybridized carbons (Fsp3) is 0.684. The molecule has 0 bridgehead atoms. The molecule has 1 saturated carbocycles. The molecule has 118 valence electrons. The molecule has 0 radical (unpaired) electrons. The van der Waals surface area contributed by atoms with Crippen LogP contribution in [0.3, 0.4) is 0 Å². The number of unbranched alkanes of at least 4 members (excludes halogenated alkanes) is 3. The third-order valence-electron chi connectivity index (χ3n) is 4.62. The Balaban J connectivity index is 1.49. The summed E-state index contributed by atoms with van der Waals surface area (Å²) in [6.07, 6.45) is 8.06. The van der Waals surface area contributed by atoms with Gasteiger partial charge in [0.25, 0.3) is 0 Å². The average molecular weight is 289 g/mol. The number of rotatable bonds is 11. The van der Waals surface area contributed by atoms with Gasteiger partial charge in [0, 0.05) is 12.0 Å². The fourth-order valence-corrected chi connectivity index (χ4v) is 2.92. The van der Waals surface area contributed by atoms with Crippen LogP contribution in [0.25, 0.3) is 0 Å². The third-order valence-corrected chi connectivity index (χ3v) is 4.62. The molecule has 1 aromatic rings. The lowest BCUT2D eigenvalue weighted by atomic mass is 9.98. The van der Waals surface area contributed by atoms with Crippen molar-refractivity contribution in [1.29, 1.82) is 0 Å². The number of nitrogens with one attached hydrogen (secondary N) is 1. The Labute approximate surface area is 130 Å². The van der Waals surface area contributed by atoms with Crippen LogP contribution in [0.2, 0.25) is 0 Å². The molecule has 21 heavy (non-hydrogen) atoms. The van der Waals surface area contributed by atoms with Crippen LogP contribution >= 0.6 is 0 Å². The van der Waals surface area contributed by atoms with E-state index in [1.807, 2.05) is 0 Å². The smallest absolute Gasteiger partial charge is 0.0679 e. The monoisotopic (exact) mass is 289 g/mol. The van der Waals surface area contributed by atoms with E-state index in [2.05, 4.69) is 49.5 Å². The molecular formula is C19H31NO. The van der Waals surface area contributed by atoms with E-state index in [0.717, 1.165) is 26.1 Å². The molecular weight excluding hydrogens is 258 g/mol. The zero-order chi connectivity index (χ0) is 15.0. The molecule has 0 unspecified atom stereocenters. The second-order valence-electron chi connectivity index (χ2n) is 6.51. The van der Waals surface area contributed by atoms with Gasteiger partial charge in [0.1, 0.15) is 0 Å². The van der Waals surface area contributed by atoms with Crippen LogP contribution in [0.15, 0.2) is 30.3 Å². The molecule has 1 aliphatic carbocycles. The molecule has 0 aromatic heterocycles. The maximum absolute atomic E-state index is 6.03. The van der Waals surface area contributed by atoms with Crippen LogP contribution < -0.4 is 5.32 Å². The first-order chi connectivity index (χ1) is 10.3. The lowest BCUT2D eigenvalue weighted by Crippen LogP contribution is -2.19. The van der Waals surface area contributed by atoms with Gasteiger partial charge in [-0.15, -0.1) is 0 Å². The Bertz CT molecular complexity index is 392. The Hall–Kier alpha value is -0.860. The molecule has 1 aliphatic rings. The topological polar surface area (TPSA) is 21.3 Å². The van der Waals surface area contributed by atoms with Gasteiger partial charge < -0.3 is 10.1 Å². The van der Waals surface area contributed by atoms with Gasteiger partial charge >= 0.3 is 0 Å². The largest absolute Gasteiger partial charge is 0.377 e. The summed E-state index contributed by atoms with van der Waals surface area (Å²) in [7, 11) is 0. The highest BCUT2D eigenvalue weighted by Crippen LogP contribution is 2.49. The van der Waals surface area contributed by atoms with E-state index in [-0.39, 0.29) is 5.41 Å². The minimum atomic E-state index is 0.259. The first kappa shape index (κ1) is 16.5. The highest BCUT2D eigenvalue weighted by molar-refractivity contribution is 5.33. The minimum Gasteiger partial charge on any atom is -0.377 e. The van der Waals surface area contributed by atoms with E-state index >= 15 is 0 Å². The summed E-state index contributed by atoms with van der Waals surface area (Å²) < 4.78 is 6.03. The summed E-state index contributed by atoms with van der Waals surface area (Å²) >= 11 is 0. The van der Waals surface area contributed by atoms with E-state index in [0.29, 0.717) is 6.10 Å². The van der Waals surface area contributed by atoms with Gasteiger partial charge in [-0.3, -0.25) is 0 Å². The number of hydrogen-bond donors (Lipinski definition) is 1. The zero-order valence-corrected chi connectivity index (χ0v) is 13.7. The molecule has 2 nitrogen and oxygen atoms in total. The van der Waals surface area contributed by atoms with Crippen molar-refractivity contribution in [1.82, 2.24) is 5.32 Å². The highest BCUT2D eigenvalue weighted by Gasteiger charge is 2.52. The van der Waals surface area contributed by atoms with Crippen LogP contribution in [0, 0.1) is 0 Å². The fourth-order valence-electron chi connectivity index (χ4n) is 2.92. The second-order valence-corrected chi connectivity index (χ2v) is 6.51. The zero-order valence-electron chi connectivity index (χ0n) is 13.7. The molecule has 0 spiro atoms. The van der Waals surface area contributed by atoms with Gasteiger partial charge in [0.05, 0.1) is 6.10 Å². The van der Waals surface area contributed by atoms with E-state index in [9.17, 15) is 0 Å². The molecule has 2 heteroatoms. The highest BCUT2D eigenvalue weighted by atomic mass is 16.5. The Morgan fingerprint density at radius 3 is 2.62 bits per heavy atom. The first-order valence-corrected chi connectivity index (χ1v) is 8.65. The lowest BCUT2D eigenvalue weighted by Gasteiger charge is -2.12. The molecule has 0 aliphatic heterocycles. The molecule has 2 rings (SSSR count). The second kappa shape index (κ2) is 8.55. The first-order valence-electron chi connectivity index (χ1n) is 8.65. The lowest BCUT2D eigenvalue weighted by molar-refractivity contribution is 0.103. The van der Waals surface area contributed by atoms with Crippen LogP contribution in [-0.4, -0.2) is 25.8 Å². The molecule has 1 fully saturated rings. The van der Waals surface area contributed by atoms with Crippen LogP contribution in [0.1, 0.15) is 57.9 Å². The normalized spacial score (nSPS) is 24.2. The minimum absolute atomic E-state index is 0.259. The summed E-state index contributed by atoms with van der Waals surface area (Å²) in [5.74, 6) is 0. The van der Waals surface area contributed by atoms with Gasteiger partial charge in [-0.2, -0.15) is 0 Å². The Morgan fingerprint density at radius 1 is 1.10 bits per heavy atom. The summed E-state index contributed by atoms with van der Waals surface area (Å²) in [6, 6.07) is 10.8. The predicted molar refractivity (Wildman–Crippen MR) is 89.8 cm³/mol. The van der Waals surface area contributed by atoms with Crippen LogP contribution in [-0.2, 0) is 10.2 Å². The molecule has 1 N–H and O–H groups in total. The van der Waals surface area contributed by atoms with Crippen molar-refractivity contribution in [3.63, 3.8) is 0 Å². The van der Waals surface area contributed by atoms with E-state index < -0.39 is 0 Å². The predicted octanol–water partition coefficient (Wildman–Crippen LogP) is 4.29. The SMILES string of the molecule is CCCCCCNCCCO[C@H]1C[C@]1(C)c1ccccc1. The average Bonchev–Trinajstić information content (AvgIpc) is 3.18. The van der Waals surface area contributed by atoms with E-state index in [1.165, 1.54) is 37.7 Å². The van der Waals surface area contributed by atoms with Crippen molar-refractivity contribution < 1.29 is 4.74 Å². The van der Waals surface area contributed by atoms with Crippen molar-refractivity contribution in [3.8, 4) is 0 Å². The van der Waals surface area contributed by atoms with E-state index in [1.54, 1.807) is 0 Å². The van der Waals surface area contributed by atoms with E-state index in [4.69, 9.17) is 4.74 Å². The maximum atomic E-state index is 6.03. The molecule has 0 heterocycles. The number of benzene rings is 1. The molecule has 0 amide bonds. The van der Waals surface area contributed by atoms with Crippen LogP contribution in [0.4, 0.5) is 0 Å². The third kappa shape index (κ3) is 5.12. The van der Waals surface area contributed by atoms with Gasteiger partial charge in [-0.1, -0.05) is 63.4 Å². The van der Waals surface area contributed by atoms with Gasteiger partial charge in [0.15, 0.2) is 0 Å². The van der Waals surface area contributed by atoms with Gasteiger partial charge in [-0.05, 0) is 37.9 Å². The number of ether oxygens (including phenoxy) is 1. The summed E-state index contributed by atoms with van der Waals surface area (Å²) in [4.78, 5) is 0. The van der Waals surface area contributed by atoms with Crippen LogP contribution in [0.5, 0.6) is 0 Å². The van der Waals surface area contributed by atoms with Gasteiger partial charge in [-0.25, -0.2) is 0 Å². The summed E-state index contributed by atoms with van der Waals surface area (Å²) in [5, 5.41) is 3.51. The molecule has 2 atom stereocenters. The van der Waals surface area contributed by atoms with Crippen molar-refractivity contribution >= 4 is 0 Å². The van der Waals surface area contributed by atoms with Crippen molar-refractivity contribution in [3.05, 3.63) is 35.9 Å². The van der Waals surface area contributed by atoms with Crippen molar-refractivity contribution in [2.75, 3.05) is 19.7 Å². The maximum Gasteiger partial charge on any atom is 0.0679 e. The standard InChI is InChI=1S/C19H31NO/c1-3-4-5-9-13-20-14-10-15-21-18-16-19(18,2)17-11-7-6-8-12-17/h6-8,11-12,18,20H,3-5,9-10,13-16H2,1-2H3/t18-,19+/m0/s1. The quantitative estimate of drug-likeness (QED) is 0.613. The molecule has 1 aromatic carbocycles. The van der Waals surface area contributed by atoms with Crippen molar-refractivity contribution in [2.24, 2.45) is 0 Å². The number of hydrogen-bond acceptors (Lipinski definition) is 2. The Kier molecular flexibility index (Phi) is 6.72. The molecule has 0 saturated heterocycles.